The molecule has 0 N–H and O–H groups in total. The molecular formula is C34H21N5. The van der Waals surface area contributed by atoms with Crippen LogP contribution >= 0.6 is 0 Å². The van der Waals surface area contributed by atoms with E-state index >= 15 is 0 Å². The van der Waals surface area contributed by atoms with Crippen molar-refractivity contribution in [3.63, 3.8) is 0 Å². The van der Waals surface area contributed by atoms with E-state index in [1.54, 1.807) is 6.20 Å². The van der Waals surface area contributed by atoms with E-state index in [1.165, 1.54) is 0 Å². The van der Waals surface area contributed by atoms with E-state index in [1.807, 2.05) is 47.2 Å². The average Bonchev–Trinajstić information content (AvgIpc) is 3.40. The van der Waals surface area contributed by atoms with Crippen LogP contribution in [0.5, 0.6) is 0 Å². The first-order valence-corrected chi connectivity index (χ1v) is 12.9. The molecular weight excluding hydrogens is 478 g/mol. The van der Waals surface area contributed by atoms with Crippen LogP contribution in [0.4, 0.5) is 0 Å². The fourth-order valence-electron chi connectivity index (χ4n) is 5.47. The van der Waals surface area contributed by atoms with E-state index in [-0.39, 0.29) is 0 Å². The van der Waals surface area contributed by atoms with Gasteiger partial charge >= 0.3 is 0 Å². The highest BCUT2D eigenvalue weighted by Crippen LogP contribution is 2.35. The minimum Gasteiger partial charge on any atom is -0.264 e. The smallest absolute Gasteiger partial charge is 0.0973 e. The Kier molecular flexibility index (Phi) is 4.76. The third-order valence-electron chi connectivity index (χ3n) is 7.35. The minimum absolute atomic E-state index is 0.862. The number of hydrogen-bond donors (Lipinski definition) is 0. The fraction of sp³-hybridized carbons (Fsp3) is 0. The lowest BCUT2D eigenvalue weighted by atomic mass is 9.96. The first-order chi connectivity index (χ1) is 19.3. The first kappa shape index (κ1) is 21.6. The number of benzene rings is 3. The second kappa shape index (κ2) is 8.57. The van der Waals surface area contributed by atoms with Gasteiger partial charge in [-0.3, -0.25) is 9.97 Å². The molecule has 0 aliphatic carbocycles. The number of fused-ring (bicyclic) bond motifs is 6. The van der Waals surface area contributed by atoms with Crippen LogP contribution in [0, 0.1) is 0 Å². The topological polar surface area (TPSA) is 56.0 Å². The molecule has 0 saturated carbocycles. The third-order valence-corrected chi connectivity index (χ3v) is 7.35. The molecule has 0 saturated heterocycles. The van der Waals surface area contributed by atoms with Gasteiger partial charge in [0.05, 0.1) is 33.5 Å². The number of nitrogens with zero attached hydrogens (tertiary/aromatic N) is 5. The van der Waals surface area contributed by atoms with Gasteiger partial charge in [-0.15, -0.1) is 0 Å². The summed E-state index contributed by atoms with van der Waals surface area (Å²) in [5.41, 5.74) is 10.1. The molecule has 182 valence electrons. The monoisotopic (exact) mass is 499 g/mol. The Hall–Kier alpha value is -5.42. The first-order valence-electron chi connectivity index (χ1n) is 12.9. The standard InChI is InChI=1S/C34H21N5/c1-2-9-29-27(7-1)31-10-3-11-32(39(31)38-29)30-17-16-24-20-28(26-8-5-19-36-34(26)33(24)37-30)23-14-12-22(13-15-23)25-6-4-18-35-21-25/h1-21H. The zero-order valence-electron chi connectivity index (χ0n) is 20.9. The quantitative estimate of drug-likeness (QED) is 0.231. The number of rotatable bonds is 3. The summed E-state index contributed by atoms with van der Waals surface area (Å²) in [6.07, 6.45) is 5.52. The summed E-state index contributed by atoms with van der Waals surface area (Å²) in [5.74, 6) is 0. The van der Waals surface area contributed by atoms with Crippen molar-refractivity contribution in [2.45, 2.75) is 0 Å². The summed E-state index contributed by atoms with van der Waals surface area (Å²) in [7, 11) is 0. The van der Waals surface area contributed by atoms with E-state index in [0.717, 1.165) is 71.9 Å². The van der Waals surface area contributed by atoms with Crippen molar-refractivity contribution in [1.29, 1.82) is 0 Å². The van der Waals surface area contributed by atoms with E-state index in [0.29, 0.717) is 0 Å². The van der Waals surface area contributed by atoms with Gasteiger partial charge < -0.3 is 0 Å². The molecule has 8 rings (SSSR count). The predicted molar refractivity (Wildman–Crippen MR) is 157 cm³/mol. The van der Waals surface area contributed by atoms with Crippen LogP contribution in [0.1, 0.15) is 0 Å². The van der Waals surface area contributed by atoms with Gasteiger partial charge in [0.2, 0.25) is 0 Å². The lowest BCUT2D eigenvalue weighted by molar-refractivity contribution is 0.984. The van der Waals surface area contributed by atoms with E-state index in [9.17, 15) is 0 Å². The molecule has 0 unspecified atom stereocenters. The maximum absolute atomic E-state index is 5.15. The highest BCUT2D eigenvalue weighted by Gasteiger charge is 2.14. The highest BCUT2D eigenvalue weighted by molar-refractivity contribution is 6.10. The molecule has 39 heavy (non-hydrogen) atoms. The second-order valence-electron chi connectivity index (χ2n) is 9.64. The van der Waals surface area contributed by atoms with Crippen molar-refractivity contribution >= 4 is 38.2 Å². The van der Waals surface area contributed by atoms with Gasteiger partial charge in [-0.2, -0.15) is 5.10 Å². The number of aromatic nitrogens is 5. The van der Waals surface area contributed by atoms with Crippen molar-refractivity contribution in [3.8, 4) is 33.6 Å². The molecule has 5 heterocycles. The van der Waals surface area contributed by atoms with Gasteiger partial charge in [0.15, 0.2) is 0 Å². The van der Waals surface area contributed by atoms with E-state index < -0.39 is 0 Å². The normalized spacial score (nSPS) is 11.6. The zero-order chi connectivity index (χ0) is 25.8. The van der Waals surface area contributed by atoms with E-state index in [4.69, 9.17) is 15.1 Å². The zero-order valence-corrected chi connectivity index (χ0v) is 20.9. The van der Waals surface area contributed by atoms with Gasteiger partial charge in [0.25, 0.3) is 0 Å². The Bertz CT molecular complexity index is 2160. The molecule has 0 aliphatic heterocycles. The molecule has 0 amide bonds. The molecule has 8 aromatic rings. The Morgan fingerprint density at radius 2 is 1.44 bits per heavy atom. The molecule has 5 heteroatoms. The predicted octanol–water partition coefficient (Wildman–Crippen LogP) is 7.98. The lowest BCUT2D eigenvalue weighted by Gasteiger charge is -2.12. The molecule has 0 spiro atoms. The van der Waals surface area contributed by atoms with E-state index in [2.05, 4.69) is 83.8 Å². The Labute approximate surface area is 224 Å². The summed E-state index contributed by atoms with van der Waals surface area (Å²) in [6, 6.07) is 37.7. The molecule has 0 radical (unpaired) electrons. The Balaban J connectivity index is 1.30. The summed E-state index contributed by atoms with van der Waals surface area (Å²) < 4.78 is 1.99. The number of pyridine rings is 4. The van der Waals surface area contributed by atoms with Gasteiger partial charge in [0.1, 0.15) is 0 Å². The highest BCUT2D eigenvalue weighted by atomic mass is 15.2. The molecule has 0 atom stereocenters. The molecule has 5 aromatic heterocycles. The molecule has 3 aromatic carbocycles. The maximum Gasteiger partial charge on any atom is 0.0973 e. The molecule has 0 aliphatic rings. The van der Waals surface area contributed by atoms with Crippen molar-refractivity contribution < 1.29 is 0 Å². The van der Waals surface area contributed by atoms with Crippen LogP contribution in [-0.2, 0) is 0 Å². The molecule has 0 bridgehead atoms. The third kappa shape index (κ3) is 3.48. The maximum atomic E-state index is 5.15. The fourth-order valence-corrected chi connectivity index (χ4v) is 5.47. The summed E-state index contributed by atoms with van der Waals surface area (Å²) >= 11 is 0. The minimum atomic E-state index is 0.862. The summed E-state index contributed by atoms with van der Waals surface area (Å²) in [6.45, 7) is 0. The van der Waals surface area contributed by atoms with Crippen LogP contribution in [0.3, 0.4) is 0 Å². The average molecular weight is 500 g/mol. The van der Waals surface area contributed by atoms with Crippen molar-refractivity contribution in [1.82, 2.24) is 24.6 Å². The summed E-state index contributed by atoms with van der Waals surface area (Å²) in [4.78, 5) is 14.2. The molecule has 5 nitrogen and oxygen atoms in total. The van der Waals surface area contributed by atoms with Crippen molar-refractivity contribution in [2.75, 3.05) is 0 Å². The summed E-state index contributed by atoms with van der Waals surface area (Å²) in [5, 5.41) is 8.13. The Morgan fingerprint density at radius 1 is 0.590 bits per heavy atom. The van der Waals surface area contributed by atoms with Gasteiger partial charge in [-0.1, -0.05) is 66.7 Å². The SMILES string of the molecule is c1cncc(-c2ccc(-c3cc4ccc(-c5cccc6c7ccccc7nn56)nc4c4ncccc34)cc2)c1. The van der Waals surface area contributed by atoms with Gasteiger partial charge in [-0.05, 0) is 64.7 Å². The lowest BCUT2D eigenvalue weighted by Crippen LogP contribution is -1.96. The van der Waals surface area contributed by atoms with Crippen LogP contribution in [0.15, 0.2) is 128 Å². The van der Waals surface area contributed by atoms with Crippen LogP contribution in [0.2, 0.25) is 0 Å². The van der Waals surface area contributed by atoms with Crippen molar-refractivity contribution in [2.24, 2.45) is 0 Å². The van der Waals surface area contributed by atoms with Crippen LogP contribution in [0.25, 0.3) is 71.9 Å². The second-order valence-corrected chi connectivity index (χ2v) is 9.64. The van der Waals surface area contributed by atoms with Gasteiger partial charge in [0, 0.05) is 34.7 Å². The Morgan fingerprint density at radius 3 is 2.33 bits per heavy atom. The number of hydrogen-bond acceptors (Lipinski definition) is 4. The van der Waals surface area contributed by atoms with Crippen LogP contribution in [-0.4, -0.2) is 24.6 Å². The molecule has 0 fully saturated rings. The largest absolute Gasteiger partial charge is 0.264 e. The van der Waals surface area contributed by atoms with Gasteiger partial charge in [-0.25, -0.2) is 9.50 Å². The van der Waals surface area contributed by atoms with Crippen LogP contribution < -0.4 is 0 Å². The van der Waals surface area contributed by atoms with Crippen molar-refractivity contribution in [3.05, 3.63) is 128 Å².